The van der Waals surface area contributed by atoms with E-state index in [0.717, 1.165) is 54.4 Å². The lowest BCUT2D eigenvalue weighted by Gasteiger charge is -2.07. The van der Waals surface area contributed by atoms with Crippen molar-refractivity contribution in [3.8, 4) is 17.2 Å². The number of carbonyl (C=O) groups excluding carboxylic acids is 2. The van der Waals surface area contributed by atoms with Crippen molar-refractivity contribution in [1.82, 2.24) is 0 Å². The zero-order valence-corrected chi connectivity index (χ0v) is 30.5. The number of allylic oxidation sites excluding steroid dienone is 1. The Kier molecular flexibility index (Phi) is 19.5. The number of hydrogen-bond donors (Lipinski definition) is 0. The molecule has 0 saturated heterocycles. The van der Waals surface area contributed by atoms with E-state index in [2.05, 4.69) is 13.8 Å². The summed E-state index contributed by atoms with van der Waals surface area (Å²) < 4.78 is 16.9. The highest BCUT2D eigenvalue weighted by atomic mass is 16.6. The van der Waals surface area contributed by atoms with E-state index >= 15 is 0 Å². The summed E-state index contributed by atoms with van der Waals surface area (Å²) in [6, 6.07) is 18.5. The summed E-state index contributed by atoms with van der Waals surface area (Å²) in [5, 5.41) is 11.8. The smallest absolute Gasteiger partial charge is 0.336 e. The van der Waals surface area contributed by atoms with Crippen LogP contribution in [0.15, 0.2) is 78.9 Å². The Hall–Kier alpha value is -4.72. The molecule has 0 N–H and O–H groups in total. The van der Waals surface area contributed by atoms with Gasteiger partial charge in [0.05, 0.1) is 18.1 Å². The lowest BCUT2D eigenvalue weighted by atomic mass is 10.1. The van der Waals surface area contributed by atoms with E-state index in [4.69, 9.17) is 14.2 Å². The molecule has 0 atom stereocenters. The number of ether oxygens (including phenoxy) is 3. The second-order valence-corrected chi connectivity index (χ2v) is 12.8. The van der Waals surface area contributed by atoms with Crippen molar-refractivity contribution >= 4 is 29.6 Å². The van der Waals surface area contributed by atoms with Crippen LogP contribution in [0.4, 0.5) is 5.69 Å². The summed E-state index contributed by atoms with van der Waals surface area (Å²) >= 11 is 0. The second kappa shape index (κ2) is 24.4. The van der Waals surface area contributed by atoms with Crippen molar-refractivity contribution in [2.24, 2.45) is 0 Å². The molecule has 0 heterocycles. The van der Waals surface area contributed by atoms with E-state index in [-0.39, 0.29) is 11.3 Å². The Labute approximate surface area is 304 Å². The molecule has 274 valence electrons. The van der Waals surface area contributed by atoms with E-state index in [9.17, 15) is 19.7 Å². The van der Waals surface area contributed by atoms with Crippen LogP contribution in [0, 0.1) is 10.1 Å². The fourth-order valence-electron chi connectivity index (χ4n) is 5.50. The molecule has 0 radical (unpaired) electrons. The molecule has 3 aromatic rings. The summed E-state index contributed by atoms with van der Waals surface area (Å²) in [5.74, 6) is 0.0903. The molecule has 0 amide bonds. The average Bonchev–Trinajstić information content (AvgIpc) is 3.14. The molecule has 0 aliphatic rings. The number of benzene rings is 3. The lowest BCUT2D eigenvalue weighted by molar-refractivity contribution is -0.385. The SMILES string of the molecule is CCCCCCCCCCCCOc1ccc(/C=C/C(=O)Oc2ccc(C(=O)/C=C/c3ccc(OCCCCCCC)cc3)cc2[N+](=O)[O-])cc1. The highest BCUT2D eigenvalue weighted by molar-refractivity contribution is 6.07. The maximum atomic E-state index is 12.8. The maximum Gasteiger partial charge on any atom is 0.336 e. The number of ketones is 1. The van der Waals surface area contributed by atoms with Gasteiger partial charge in [0.15, 0.2) is 5.78 Å². The number of nitro benzene ring substituents is 1. The number of esters is 1. The van der Waals surface area contributed by atoms with Crippen molar-refractivity contribution in [2.45, 2.75) is 110 Å². The Bertz CT molecular complexity index is 1530. The van der Waals surface area contributed by atoms with Gasteiger partial charge >= 0.3 is 11.7 Å². The molecule has 3 rings (SSSR count). The topological polar surface area (TPSA) is 105 Å². The molecule has 0 aromatic heterocycles. The predicted molar refractivity (Wildman–Crippen MR) is 206 cm³/mol. The van der Waals surface area contributed by atoms with E-state index in [1.54, 1.807) is 12.2 Å². The van der Waals surface area contributed by atoms with Crippen molar-refractivity contribution in [3.05, 3.63) is 106 Å². The minimum Gasteiger partial charge on any atom is -0.494 e. The minimum absolute atomic E-state index is 0.104. The summed E-state index contributed by atoms with van der Waals surface area (Å²) in [6.07, 6.45) is 24.3. The van der Waals surface area contributed by atoms with Gasteiger partial charge in [-0.15, -0.1) is 0 Å². The van der Waals surface area contributed by atoms with Crippen LogP contribution in [0.5, 0.6) is 17.2 Å². The van der Waals surface area contributed by atoms with Gasteiger partial charge in [-0.1, -0.05) is 128 Å². The van der Waals surface area contributed by atoms with Crippen LogP contribution in [0.2, 0.25) is 0 Å². The van der Waals surface area contributed by atoms with Crippen molar-refractivity contribution in [3.63, 3.8) is 0 Å². The lowest BCUT2D eigenvalue weighted by Crippen LogP contribution is -2.07. The van der Waals surface area contributed by atoms with Gasteiger partial charge in [-0.05, 0) is 72.5 Å². The fraction of sp³-hybridized carbons (Fsp3) is 0.442. The molecule has 3 aromatic carbocycles. The number of nitrogens with zero attached hydrogens (tertiary/aromatic N) is 1. The van der Waals surface area contributed by atoms with E-state index in [1.165, 1.54) is 94.9 Å². The first kappa shape index (κ1) is 40.7. The van der Waals surface area contributed by atoms with Crippen LogP contribution in [0.1, 0.15) is 132 Å². The third kappa shape index (κ3) is 16.7. The van der Waals surface area contributed by atoms with Crippen LogP contribution < -0.4 is 14.2 Å². The van der Waals surface area contributed by atoms with E-state index in [1.807, 2.05) is 48.5 Å². The molecule has 8 nitrogen and oxygen atoms in total. The molecular weight excluding hydrogens is 642 g/mol. The summed E-state index contributed by atoms with van der Waals surface area (Å²) in [4.78, 5) is 36.4. The Balaban J connectivity index is 1.42. The molecular formula is C43H55NO7. The zero-order valence-electron chi connectivity index (χ0n) is 30.5. The molecule has 8 heteroatoms. The molecule has 0 saturated carbocycles. The quantitative estimate of drug-likeness (QED) is 0.0156. The van der Waals surface area contributed by atoms with Gasteiger partial charge in [0, 0.05) is 17.7 Å². The monoisotopic (exact) mass is 697 g/mol. The Morgan fingerprint density at radius 1 is 0.608 bits per heavy atom. The van der Waals surface area contributed by atoms with Gasteiger partial charge in [-0.3, -0.25) is 14.9 Å². The first-order chi connectivity index (χ1) is 24.9. The number of unbranched alkanes of at least 4 members (excludes halogenated alkanes) is 13. The predicted octanol–water partition coefficient (Wildman–Crippen LogP) is 11.8. The van der Waals surface area contributed by atoms with Crippen LogP contribution in [-0.2, 0) is 4.79 Å². The highest BCUT2D eigenvalue weighted by Crippen LogP contribution is 2.29. The van der Waals surface area contributed by atoms with Crippen molar-refractivity contribution < 1.29 is 28.7 Å². The van der Waals surface area contributed by atoms with Crippen LogP contribution in [0.3, 0.4) is 0 Å². The zero-order chi connectivity index (χ0) is 36.5. The summed E-state index contributed by atoms with van der Waals surface area (Å²) in [7, 11) is 0. The van der Waals surface area contributed by atoms with Crippen LogP contribution >= 0.6 is 0 Å². The Morgan fingerprint density at radius 2 is 1.06 bits per heavy atom. The van der Waals surface area contributed by atoms with Gasteiger partial charge < -0.3 is 14.2 Å². The largest absolute Gasteiger partial charge is 0.494 e. The standard InChI is InChI=1S/C43H55NO7/c1-3-5-7-9-10-11-12-13-15-17-33-50-39-27-20-36(21-28-39)23-31-43(46)51-42-30-24-37(34-40(42)44(47)48)41(45)29-22-35-18-25-38(26-19-35)49-32-16-14-8-6-4-2/h18-31,34H,3-17,32-33H2,1-2H3/b29-22+,31-23+. The number of rotatable bonds is 26. The minimum atomic E-state index is -0.776. The second-order valence-electron chi connectivity index (χ2n) is 12.8. The van der Waals surface area contributed by atoms with Crippen LogP contribution in [-0.4, -0.2) is 29.9 Å². The number of carbonyl (C=O) groups is 2. The molecule has 0 unspecified atom stereocenters. The molecule has 51 heavy (non-hydrogen) atoms. The van der Waals surface area contributed by atoms with Crippen molar-refractivity contribution in [1.29, 1.82) is 0 Å². The first-order valence-electron chi connectivity index (χ1n) is 18.8. The maximum absolute atomic E-state index is 12.8. The molecule has 0 aliphatic carbocycles. The number of hydrogen-bond acceptors (Lipinski definition) is 7. The van der Waals surface area contributed by atoms with Crippen LogP contribution in [0.25, 0.3) is 12.2 Å². The molecule has 0 aliphatic heterocycles. The van der Waals surface area contributed by atoms with E-state index < -0.39 is 22.4 Å². The third-order valence-electron chi connectivity index (χ3n) is 8.53. The average molecular weight is 698 g/mol. The number of nitro groups is 1. The normalized spacial score (nSPS) is 11.3. The highest BCUT2D eigenvalue weighted by Gasteiger charge is 2.20. The van der Waals surface area contributed by atoms with Gasteiger partial charge in [-0.2, -0.15) is 0 Å². The first-order valence-corrected chi connectivity index (χ1v) is 18.8. The van der Waals surface area contributed by atoms with Gasteiger partial charge in [-0.25, -0.2) is 4.79 Å². The fourth-order valence-corrected chi connectivity index (χ4v) is 5.50. The third-order valence-corrected chi connectivity index (χ3v) is 8.53. The van der Waals surface area contributed by atoms with Gasteiger partial charge in [0.25, 0.3) is 0 Å². The van der Waals surface area contributed by atoms with Gasteiger partial charge in [0.2, 0.25) is 5.75 Å². The molecule has 0 spiro atoms. The summed E-state index contributed by atoms with van der Waals surface area (Å²) in [5.41, 5.74) is 1.17. The van der Waals surface area contributed by atoms with E-state index in [0.29, 0.717) is 13.2 Å². The van der Waals surface area contributed by atoms with Gasteiger partial charge in [0.1, 0.15) is 11.5 Å². The van der Waals surface area contributed by atoms with Crippen molar-refractivity contribution in [2.75, 3.05) is 13.2 Å². The molecule has 0 bridgehead atoms. The Morgan fingerprint density at radius 3 is 1.53 bits per heavy atom. The summed E-state index contributed by atoms with van der Waals surface area (Å²) in [6.45, 7) is 5.77. The molecule has 0 fully saturated rings.